The molecular weight excluding hydrogens is 581 g/mol. The van der Waals surface area contributed by atoms with Gasteiger partial charge in [0.25, 0.3) is 0 Å². The van der Waals surface area contributed by atoms with Crippen molar-refractivity contribution in [2.45, 2.75) is 62.3 Å². The third kappa shape index (κ3) is 8.88. The zero-order chi connectivity index (χ0) is 29.9. The predicted molar refractivity (Wildman–Crippen MR) is 172 cm³/mol. The first-order valence-electron chi connectivity index (χ1n) is 15.1. The van der Waals surface area contributed by atoms with E-state index in [1.165, 1.54) is 0 Å². The fourth-order valence-corrected chi connectivity index (χ4v) is 9.27. The summed E-state index contributed by atoms with van der Waals surface area (Å²) in [6.07, 6.45) is 0.522. The van der Waals surface area contributed by atoms with Crippen LogP contribution in [-0.2, 0) is 37.0 Å². The van der Waals surface area contributed by atoms with E-state index in [1.807, 2.05) is 97.2 Å². The lowest BCUT2D eigenvalue weighted by atomic mass is 9.72. The SMILES string of the molecule is CCOC(=O)C[C@@H]1[C@H](C2SCCCS2)[C@@H](OCc2ccccc2)[C@H](OCc2ccccc2)C[C@H]1OC(=O)c1ccccc1. The molecule has 5 atom stereocenters. The molecule has 1 aliphatic heterocycles. The standard InChI is InChI=1S/C35H40O6S2/c1-2-38-31(36)21-28-29(41-34(37)27-17-10-5-11-18-27)22-30(39-23-25-13-6-3-7-14-25)33(32(28)35-42-19-12-20-43-35)40-24-26-15-8-4-9-16-26/h3-11,13-18,28-30,32-33,35H,2,12,19-24H2,1H3/t28-,29+,30+,32-,33-/m0/s1. The van der Waals surface area contributed by atoms with E-state index in [0.29, 0.717) is 31.8 Å². The maximum atomic E-state index is 13.4. The second kappa shape index (κ2) is 16.3. The minimum absolute atomic E-state index is 0.105. The molecule has 1 saturated heterocycles. The van der Waals surface area contributed by atoms with Crippen LogP contribution in [0.3, 0.4) is 0 Å². The molecule has 0 bridgehead atoms. The Morgan fingerprint density at radius 2 is 1.35 bits per heavy atom. The highest BCUT2D eigenvalue weighted by atomic mass is 32.2. The molecule has 0 N–H and O–H groups in total. The lowest BCUT2D eigenvalue weighted by Crippen LogP contribution is -2.56. The summed E-state index contributed by atoms with van der Waals surface area (Å²) in [4.78, 5) is 26.5. The summed E-state index contributed by atoms with van der Waals surface area (Å²) in [6.45, 7) is 2.95. The molecule has 1 aliphatic carbocycles. The summed E-state index contributed by atoms with van der Waals surface area (Å²) in [6, 6.07) is 29.2. The van der Waals surface area contributed by atoms with Gasteiger partial charge in [0, 0.05) is 18.3 Å². The van der Waals surface area contributed by atoms with E-state index in [2.05, 4.69) is 12.1 Å². The van der Waals surface area contributed by atoms with Crippen LogP contribution >= 0.6 is 23.5 Å². The van der Waals surface area contributed by atoms with Crippen molar-refractivity contribution in [1.29, 1.82) is 0 Å². The summed E-state index contributed by atoms with van der Waals surface area (Å²) >= 11 is 3.82. The number of hydrogen-bond donors (Lipinski definition) is 0. The molecule has 0 unspecified atom stereocenters. The van der Waals surface area contributed by atoms with Crippen molar-refractivity contribution in [2.24, 2.45) is 11.8 Å². The van der Waals surface area contributed by atoms with Crippen molar-refractivity contribution < 1.29 is 28.5 Å². The van der Waals surface area contributed by atoms with Gasteiger partial charge in [0.2, 0.25) is 0 Å². The Kier molecular flexibility index (Phi) is 12.0. The van der Waals surface area contributed by atoms with Crippen LogP contribution in [0.5, 0.6) is 0 Å². The van der Waals surface area contributed by atoms with Crippen LogP contribution in [-0.4, -0.2) is 52.9 Å². The fraction of sp³-hybridized carbons (Fsp3) is 0.429. The number of carbonyl (C=O) groups is 2. The molecular formula is C35H40O6S2. The quantitative estimate of drug-likeness (QED) is 0.198. The van der Waals surface area contributed by atoms with Gasteiger partial charge in [0.05, 0.1) is 48.6 Å². The molecule has 228 valence electrons. The zero-order valence-corrected chi connectivity index (χ0v) is 26.2. The van der Waals surface area contributed by atoms with Crippen LogP contribution in [0, 0.1) is 11.8 Å². The van der Waals surface area contributed by atoms with Gasteiger partial charge in [-0.1, -0.05) is 78.9 Å². The molecule has 0 spiro atoms. The number of ether oxygens (including phenoxy) is 4. The van der Waals surface area contributed by atoms with Crippen LogP contribution in [0.4, 0.5) is 0 Å². The average Bonchev–Trinajstić information content (AvgIpc) is 3.05. The largest absolute Gasteiger partial charge is 0.466 e. The molecule has 0 aromatic heterocycles. The summed E-state index contributed by atoms with van der Waals surface area (Å²) in [5, 5.41) is 0. The molecule has 43 heavy (non-hydrogen) atoms. The molecule has 3 aromatic carbocycles. The van der Waals surface area contributed by atoms with Crippen molar-refractivity contribution in [3.8, 4) is 0 Å². The Morgan fingerprint density at radius 1 is 0.767 bits per heavy atom. The molecule has 8 heteroatoms. The van der Waals surface area contributed by atoms with Crippen molar-refractivity contribution in [3.63, 3.8) is 0 Å². The van der Waals surface area contributed by atoms with Gasteiger partial charge in [0.1, 0.15) is 6.10 Å². The van der Waals surface area contributed by atoms with Gasteiger partial charge in [-0.05, 0) is 48.1 Å². The van der Waals surface area contributed by atoms with Crippen LogP contribution in [0.25, 0.3) is 0 Å². The molecule has 1 heterocycles. The summed E-state index contributed by atoms with van der Waals surface area (Å²) in [5.74, 6) is 1.01. The lowest BCUT2D eigenvalue weighted by Gasteiger charge is -2.49. The van der Waals surface area contributed by atoms with Crippen molar-refractivity contribution in [3.05, 3.63) is 108 Å². The number of benzene rings is 3. The normalized spacial score (nSPS) is 24.3. The van der Waals surface area contributed by atoms with Crippen LogP contribution in [0.15, 0.2) is 91.0 Å². The highest BCUT2D eigenvalue weighted by molar-refractivity contribution is 8.17. The van der Waals surface area contributed by atoms with Gasteiger partial charge in [0.15, 0.2) is 0 Å². The minimum Gasteiger partial charge on any atom is -0.466 e. The number of rotatable bonds is 12. The zero-order valence-electron chi connectivity index (χ0n) is 24.5. The fourth-order valence-electron chi connectivity index (χ4n) is 5.88. The number of thioether (sulfide) groups is 2. The number of hydrogen-bond acceptors (Lipinski definition) is 8. The van der Waals surface area contributed by atoms with Crippen LogP contribution in [0.2, 0.25) is 0 Å². The summed E-state index contributed by atoms with van der Waals surface area (Å²) in [7, 11) is 0. The molecule has 5 rings (SSSR count). The molecule has 3 aromatic rings. The Hall–Kier alpha value is -2.78. The van der Waals surface area contributed by atoms with E-state index in [4.69, 9.17) is 18.9 Å². The molecule has 0 radical (unpaired) electrons. The monoisotopic (exact) mass is 620 g/mol. The van der Waals surface area contributed by atoms with E-state index < -0.39 is 12.1 Å². The van der Waals surface area contributed by atoms with Gasteiger partial charge >= 0.3 is 11.9 Å². The van der Waals surface area contributed by atoms with Gasteiger partial charge < -0.3 is 18.9 Å². The van der Waals surface area contributed by atoms with Crippen molar-refractivity contribution in [1.82, 2.24) is 0 Å². The van der Waals surface area contributed by atoms with Crippen molar-refractivity contribution >= 4 is 35.5 Å². The first-order chi connectivity index (χ1) is 21.1. The molecule has 2 aliphatic rings. The van der Waals surface area contributed by atoms with E-state index in [0.717, 1.165) is 29.1 Å². The van der Waals surface area contributed by atoms with E-state index >= 15 is 0 Å². The van der Waals surface area contributed by atoms with E-state index in [-0.39, 0.29) is 41.0 Å². The van der Waals surface area contributed by atoms with E-state index in [1.54, 1.807) is 12.1 Å². The third-order valence-corrected chi connectivity index (χ3v) is 11.1. The van der Waals surface area contributed by atoms with Gasteiger partial charge in [-0.2, -0.15) is 0 Å². The maximum Gasteiger partial charge on any atom is 0.338 e. The van der Waals surface area contributed by atoms with Crippen molar-refractivity contribution in [2.75, 3.05) is 18.1 Å². The first kappa shape index (κ1) is 31.6. The van der Waals surface area contributed by atoms with Gasteiger partial charge in [-0.15, -0.1) is 23.5 Å². The summed E-state index contributed by atoms with van der Waals surface area (Å²) in [5.41, 5.74) is 2.62. The second-order valence-corrected chi connectivity index (χ2v) is 13.7. The topological polar surface area (TPSA) is 71.1 Å². The third-order valence-electron chi connectivity index (χ3n) is 7.92. The average molecular weight is 621 g/mol. The maximum absolute atomic E-state index is 13.4. The number of carbonyl (C=O) groups excluding carboxylic acids is 2. The minimum atomic E-state index is -0.539. The van der Waals surface area contributed by atoms with Crippen LogP contribution < -0.4 is 0 Å². The highest BCUT2D eigenvalue weighted by Gasteiger charge is 2.52. The Morgan fingerprint density at radius 3 is 1.95 bits per heavy atom. The molecule has 1 saturated carbocycles. The Balaban J connectivity index is 1.49. The second-order valence-electron chi connectivity index (χ2n) is 10.9. The van der Waals surface area contributed by atoms with E-state index in [9.17, 15) is 9.59 Å². The lowest BCUT2D eigenvalue weighted by molar-refractivity contribution is -0.175. The number of esters is 2. The Bertz CT molecular complexity index is 1270. The van der Waals surface area contributed by atoms with Gasteiger partial charge in [-0.3, -0.25) is 4.79 Å². The smallest absolute Gasteiger partial charge is 0.338 e. The van der Waals surface area contributed by atoms with Crippen LogP contribution in [0.1, 0.15) is 47.7 Å². The molecule has 6 nitrogen and oxygen atoms in total. The van der Waals surface area contributed by atoms with Gasteiger partial charge in [-0.25, -0.2) is 4.79 Å². The summed E-state index contributed by atoms with van der Waals surface area (Å²) < 4.78 is 25.4. The predicted octanol–water partition coefficient (Wildman–Crippen LogP) is 7.17. The Labute approximate surface area is 263 Å². The first-order valence-corrected chi connectivity index (χ1v) is 17.2. The molecule has 2 fully saturated rings. The molecule has 0 amide bonds. The highest BCUT2D eigenvalue weighted by Crippen LogP contribution is 2.49.